The van der Waals surface area contributed by atoms with Gasteiger partial charge in [0.1, 0.15) is 0 Å². The van der Waals surface area contributed by atoms with Crippen LogP contribution in [0.1, 0.15) is 16.7 Å². The van der Waals surface area contributed by atoms with Crippen molar-refractivity contribution in [2.45, 2.75) is 6.42 Å². The molecule has 2 N–H and O–H groups in total. The maximum atomic E-state index is 12.5. The van der Waals surface area contributed by atoms with Gasteiger partial charge in [0.2, 0.25) is 0 Å². The molecule has 0 radical (unpaired) electrons. The Morgan fingerprint density at radius 2 is 1.69 bits per heavy atom. The molecular formula is C24H18N4O. The highest BCUT2D eigenvalue weighted by atomic mass is 16.2. The normalized spacial score (nSPS) is 14.1. The number of hydrogen-bond donors (Lipinski definition) is 2. The number of carbonyl (C=O) groups excluding carboxylic acids is 1. The third-order valence-corrected chi connectivity index (χ3v) is 5.04. The fraction of sp³-hybridized carbons (Fsp3) is 0.0417. The number of benzene rings is 2. The highest BCUT2D eigenvalue weighted by molar-refractivity contribution is 6.34. The lowest BCUT2D eigenvalue weighted by Crippen LogP contribution is -2.05. The van der Waals surface area contributed by atoms with Gasteiger partial charge in [0.25, 0.3) is 5.91 Å². The van der Waals surface area contributed by atoms with E-state index in [9.17, 15) is 4.79 Å². The summed E-state index contributed by atoms with van der Waals surface area (Å²) in [5, 5.41) is 7.15. The van der Waals surface area contributed by atoms with E-state index in [2.05, 4.69) is 32.7 Å². The number of amides is 1. The first-order chi connectivity index (χ1) is 14.3. The van der Waals surface area contributed by atoms with Crippen molar-refractivity contribution in [3.63, 3.8) is 0 Å². The third-order valence-electron chi connectivity index (χ3n) is 5.04. The van der Waals surface area contributed by atoms with Gasteiger partial charge in [-0.1, -0.05) is 18.2 Å². The topological polar surface area (TPSA) is 66.9 Å². The molecule has 29 heavy (non-hydrogen) atoms. The number of anilines is 2. The Balaban J connectivity index is 1.40. The monoisotopic (exact) mass is 378 g/mol. The molecule has 2 aromatic heterocycles. The van der Waals surface area contributed by atoms with Crippen molar-refractivity contribution >= 4 is 33.8 Å². The van der Waals surface area contributed by atoms with Gasteiger partial charge in [0, 0.05) is 47.1 Å². The summed E-state index contributed by atoms with van der Waals surface area (Å²) < 4.78 is 0. The summed E-state index contributed by atoms with van der Waals surface area (Å²) in [5.41, 5.74) is 6.56. The van der Waals surface area contributed by atoms with Gasteiger partial charge >= 0.3 is 0 Å². The predicted octanol–water partition coefficient (Wildman–Crippen LogP) is 4.63. The van der Waals surface area contributed by atoms with Crippen molar-refractivity contribution in [2.75, 3.05) is 10.6 Å². The summed E-state index contributed by atoms with van der Waals surface area (Å²) in [6, 6.07) is 20.0. The van der Waals surface area contributed by atoms with Crippen LogP contribution in [0.3, 0.4) is 0 Å². The van der Waals surface area contributed by atoms with Gasteiger partial charge in [-0.2, -0.15) is 0 Å². The van der Waals surface area contributed by atoms with Crippen molar-refractivity contribution in [1.82, 2.24) is 9.97 Å². The van der Waals surface area contributed by atoms with Crippen LogP contribution in [0, 0.1) is 0 Å². The molecule has 3 heterocycles. The third kappa shape index (κ3) is 3.34. The largest absolute Gasteiger partial charge is 0.361 e. The molecule has 1 aliphatic rings. The second kappa shape index (κ2) is 7.20. The molecule has 1 aliphatic heterocycles. The number of carbonyl (C=O) groups is 1. The molecule has 1 amide bonds. The summed E-state index contributed by atoms with van der Waals surface area (Å²) in [6.45, 7) is 0. The molecule has 0 aliphatic carbocycles. The van der Waals surface area contributed by atoms with Crippen molar-refractivity contribution in [1.29, 1.82) is 0 Å². The van der Waals surface area contributed by atoms with Crippen LogP contribution < -0.4 is 10.6 Å². The molecule has 0 saturated carbocycles. The van der Waals surface area contributed by atoms with E-state index in [1.807, 2.05) is 48.5 Å². The average molecular weight is 378 g/mol. The number of aromatic nitrogens is 2. The molecule has 2 aromatic carbocycles. The van der Waals surface area contributed by atoms with E-state index in [-0.39, 0.29) is 5.91 Å². The first-order valence-electron chi connectivity index (χ1n) is 9.42. The van der Waals surface area contributed by atoms with Gasteiger partial charge in [0.05, 0.1) is 11.1 Å². The van der Waals surface area contributed by atoms with E-state index in [4.69, 9.17) is 0 Å². The number of rotatable bonds is 4. The van der Waals surface area contributed by atoms with E-state index in [1.54, 1.807) is 24.8 Å². The van der Waals surface area contributed by atoms with Crippen LogP contribution in [0.4, 0.5) is 11.4 Å². The fourth-order valence-corrected chi connectivity index (χ4v) is 3.60. The minimum atomic E-state index is -0.113. The zero-order valence-electron chi connectivity index (χ0n) is 15.6. The first kappa shape index (κ1) is 17.1. The van der Waals surface area contributed by atoms with Gasteiger partial charge in [-0.3, -0.25) is 14.8 Å². The standard InChI is InChI=1S/C24H18N4O/c29-24-20(23-19-2-1-11-26-21(19)7-8-22(23)28-24)15-27-18-5-3-16(4-6-18)14-17-9-12-25-13-10-17/h1-13,15,27H,14H2,(H,28,29). The molecule has 0 unspecified atom stereocenters. The second-order valence-electron chi connectivity index (χ2n) is 6.94. The summed E-state index contributed by atoms with van der Waals surface area (Å²) in [6.07, 6.45) is 8.00. The van der Waals surface area contributed by atoms with E-state index < -0.39 is 0 Å². The molecule has 0 saturated heterocycles. The van der Waals surface area contributed by atoms with Crippen molar-refractivity contribution in [3.8, 4) is 0 Å². The maximum absolute atomic E-state index is 12.5. The molecule has 5 rings (SSSR count). The molecule has 4 aromatic rings. The number of nitrogens with one attached hydrogen (secondary N) is 2. The smallest absolute Gasteiger partial charge is 0.257 e. The Morgan fingerprint density at radius 3 is 2.52 bits per heavy atom. The van der Waals surface area contributed by atoms with Gasteiger partial charge in [0.15, 0.2) is 0 Å². The Hall–Kier alpha value is -3.99. The molecular weight excluding hydrogens is 360 g/mol. The lowest BCUT2D eigenvalue weighted by Gasteiger charge is -2.07. The number of fused-ring (bicyclic) bond motifs is 3. The number of hydrogen-bond acceptors (Lipinski definition) is 4. The average Bonchev–Trinajstić information content (AvgIpc) is 3.09. The Labute approximate surface area is 168 Å². The minimum absolute atomic E-state index is 0.113. The van der Waals surface area contributed by atoms with Crippen molar-refractivity contribution in [2.24, 2.45) is 0 Å². The van der Waals surface area contributed by atoms with Gasteiger partial charge in [-0.05, 0) is 60.0 Å². The zero-order valence-corrected chi connectivity index (χ0v) is 15.6. The minimum Gasteiger partial charge on any atom is -0.361 e. The molecule has 0 spiro atoms. The fourth-order valence-electron chi connectivity index (χ4n) is 3.60. The van der Waals surface area contributed by atoms with E-state index in [1.165, 1.54) is 11.1 Å². The van der Waals surface area contributed by atoms with Crippen LogP contribution in [0.2, 0.25) is 0 Å². The zero-order chi connectivity index (χ0) is 19.6. The summed E-state index contributed by atoms with van der Waals surface area (Å²) in [5.74, 6) is -0.113. The summed E-state index contributed by atoms with van der Waals surface area (Å²) >= 11 is 0. The highest BCUT2D eigenvalue weighted by Crippen LogP contribution is 2.37. The number of pyridine rings is 2. The van der Waals surface area contributed by atoms with Crippen LogP contribution >= 0.6 is 0 Å². The Bertz CT molecular complexity index is 1230. The van der Waals surface area contributed by atoms with Crippen LogP contribution in [0.25, 0.3) is 16.5 Å². The second-order valence-corrected chi connectivity index (χ2v) is 6.94. The predicted molar refractivity (Wildman–Crippen MR) is 115 cm³/mol. The summed E-state index contributed by atoms with van der Waals surface area (Å²) in [7, 11) is 0. The van der Waals surface area contributed by atoms with Crippen LogP contribution in [-0.4, -0.2) is 15.9 Å². The SMILES string of the molecule is O=C1Nc2ccc3ncccc3c2C1=CNc1ccc(Cc2ccncc2)cc1. The lowest BCUT2D eigenvalue weighted by molar-refractivity contribution is -0.110. The van der Waals surface area contributed by atoms with E-state index >= 15 is 0 Å². The highest BCUT2D eigenvalue weighted by Gasteiger charge is 2.26. The van der Waals surface area contributed by atoms with Gasteiger partial charge < -0.3 is 10.6 Å². The van der Waals surface area contributed by atoms with Crippen molar-refractivity contribution < 1.29 is 4.79 Å². The summed E-state index contributed by atoms with van der Waals surface area (Å²) in [4.78, 5) is 20.9. The molecule has 5 nitrogen and oxygen atoms in total. The van der Waals surface area contributed by atoms with Gasteiger partial charge in [-0.25, -0.2) is 0 Å². The Kier molecular flexibility index (Phi) is 4.26. The molecule has 0 atom stereocenters. The maximum Gasteiger partial charge on any atom is 0.257 e. The molecule has 0 fully saturated rings. The van der Waals surface area contributed by atoms with E-state index in [0.717, 1.165) is 34.3 Å². The molecule has 5 heteroatoms. The molecule has 140 valence electrons. The lowest BCUT2D eigenvalue weighted by atomic mass is 10.0. The van der Waals surface area contributed by atoms with Gasteiger partial charge in [-0.15, -0.1) is 0 Å². The number of nitrogens with zero attached hydrogens (tertiary/aromatic N) is 2. The van der Waals surface area contributed by atoms with Crippen LogP contribution in [0.15, 0.2) is 85.5 Å². The first-order valence-corrected chi connectivity index (χ1v) is 9.42. The van der Waals surface area contributed by atoms with Crippen LogP contribution in [0.5, 0.6) is 0 Å². The quantitative estimate of drug-likeness (QED) is 0.508. The van der Waals surface area contributed by atoms with Crippen LogP contribution in [-0.2, 0) is 11.2 Å². The molecule has 0 bridgehead atoms. The van der Waals surface area contributed by atoms with Crippen molar-refractivity contribution in [3.05, 3.63) is 102 Å². The van der Waals surface area contributed by atoms with E-state index in [0.29, 0.717) is 5.57 Å². The Morgan fingerprint density at radius 1 is 0.897 bits per heavy atom.